The highest BCUT2D eigenvalue weighted by atomic mass is 15.0. The van der Waals surface area contributed by atoms with Crippen LogP contribution in [0.4, 0.5) is 0 Å². The number of hydrogen-bond donors (Lipinski definition) is 0. The number of pyridine rings is 3. The van der Waals surface area contributed by atoms with Crippen LogP contribution in [0.1, 0.15) is 17.2 Å². The topological polar surface area (TPSA) is 68.9 Å². The van der Waals surface area contributed by atoms with Gasteiger partial charge < -0.3 is 4.40 Å². The number of imidazole rings is 1. The van der Waals surface area contributed by atoms with Gasteiger partial charge in [0, 0.05) is 36.1 Å². The van der Waals surface area contributed by atoms with Crippen molar-refractivity contribution in [2.24, 2.45) is 0 Å². The van der Waals surface area contributed by atoms with Crippen LogP contribution in [0.5, 0.6) is 0 Å². The Kier molecular flexibility index (Phi) is 3.35. The van der Waals surface area contributed by atoms with Gasteiger partial charge in [0.15, 0.2) is 0 Å². The Morgan fingerprint density at radius 3 is 2.62 bits per heavy atom. The summed E-state index contributed by atoms with van der Waals surface area (Å²) < 4.78 is 2.13. The fourth-order valence-electron chi connectivity index (χ4n) is 3.31. The van der Waals surface area contributed by atoms with E-state index in [9.17, 15) is 0 Å². The Balaban J connectivity index is 1.50. The second kappa shape index (κ2) is 5.84. The van der Waals surface area contributed by atoms with Crippen molar-refractivity contribution in [3.63, 3.8) is 0 Å². The van der Waals surface area contributed by atoms with E-state index in [1.807, 2.05) is 36.7 Å². The van der Waals surface area contributed by atoms with Crippen LogP contribution in [0.15, 0.2) is 55.1 Å². The van der Waals surface area contributed by atoms with Crippen LogP contribution in [0.3, 0.4) is 0 Å². The zero-order valence-corrected chi connectivity index (χ0v) is 14.3. The summed E-state index contributed by atoms with van der Waals surface area (Å²) in [6, 6.07) is 9.89. The number of hydrogen-bond acceptors (Lipinski definition) is 5. The molecule has 5 rings (SSSR count). The molecule has 0 aliphatic carbocycles. The fraction of sp³-hybridized carbons (Fsp3) is 0.150. The van der Waals surface area contributed by atoms with Crippen molar-refractivity contribution in [3.8, 4) is 0 Å². The van der Waals surface area contributed by atoms with Crippen LogP contribution in [0, 0.1) is 6.92 Å². The lowest BCUT2D eigenvalue weighted by atomic mass is 10.2. The lowest BCUT2D eigenvalue weighted by molar-refractivity contribution is 0.843. The summed E-state index contributed by atoms with van der Waals surface area (Å²) in [5, 5.41) is 1.07. The van der Waals surface area contributed by atoms with Crippen LogP contribution >= 0.6 is 0 Å². The molecule has 0 aromatic carbocycles. The van der Waals surface area contributed by atoms with Gasteiger partial charge in [0.2, 0.25) is 0 Å². The summed E-state index contributed by atoms with van der Waals surface area (Å²) in [5.41, 5.74) is 5.82. The third kappa shape index (κ3) is 2.38. The number of fused-ring (bicyclic) bond motifs is 4. The molecule has 0 aliphatic rings. The third-order valence-corrected chi connectivity index (χ3v) is 4.70. The molecule has 0 N–H and O–H groups in total. The summed E-state index contributed by atoms with van der Waals surface area (Å²) in [6.45, 7) is 2.10. The fourth-order valence-corrected chi connectivity index (χ4v) is 3.31. The zero-order chi connectivity index (χ0) is 17.5. The van der Waals surface area contributed by atoms with Crippen molar-refractivity contribution in [3.05, 3.63) is 72.3 Å². The maximum absolute atomic E-state index is 4.87. The van der Waals surface area contributed by atoms with Crippen LogP contribution < -0.4 is 0 Å². The van der Waals surface area contributed by atoms with Gasteiger partial charge in [-0.05, 0) is 43.7 Å². The first kappa shape index (κ1) is 14.9. The van der Waals surface area contributed by atoms with Gasteiger partial charge in [-0.2, -0.15) is 0 Å². The van der Waals surface area contributed by atoms with Crippen molar-refractivity contribution in [2.45, 2.75) is 19.8 Å². The molecule has 0 saturated carbocycles. The molecule has 0 aliphatic heterocycles. The maximum Gasteiger partial charge on any atom is 0.146 e. The molecule has 5 heterocycles. The summed E-state index contributed by atoms with van der Waals surface area (Å²) in [5.74, 6) is 0.813. The molecule has 0 bridgehead atoms. The van der Waals surface area contributed by atoms with Crippen LogP contribution in [0.2, 0.25) is 0 Å². The van der Waals surface area contributed by atoms with Crippen molar-refractivity contribution >= 4 is 27.6 Å². The van der Waals surface area contributed by atoms with Gasteiger partial charge in [-0.15, -0.1) is 0 Å². The summed E-state index contributed by atoms with van der Waals surface area (Å²) in [6.07, 6.45) is 8.92. The van der Waals surface area contributed by atoms with Gasteiger partial charge >= 0.3 is 0 Å². The lowest BCUT2D eigenvalue weighted by Crippen LogP contribution is -2.00. The molecule has 0 fully saturated rings. The van der Waals surface area contributed by atoms with Crippen molar-refractivity contribution in [2.75, 3.05) is 0 Å². The first-order chi connectivity index (χ1) is 12.8. The van der Waals surface area contributed by atoms with Crippen LogP contribution in [-0.4, -0.2) is 29.3 Å². The number of rotatable bonds is 3. The highest BCUT2D eigenvalue weighted by molar-refractivity contribution is 5.91. The quantitative estimate of drug-likeness (QED) is 0.504. The van der Waals surface area contributed by atoms with Crippen molar-refractivity contribution < 1.29 is 0 Å². The van der Waals surface area contributed by atoms with Crippen LogP contribution in [0.25, 0.3) is 27.6 Å². The summed E-state index contributed by atoms with van der Waals surface area (Å²) in [7, 11) is 0. The highest BCUT2D eigenvalue weighted by Crippen LogP contribution is 2.21. The molecule has 0 unspecified atom stereocenters. The number of aryl methyl sites for hydroxylation is 3. The van der Waals surface area contributed by atoms with E-state index in [2.05, 4.69) is 37.3 Å². The predicted molar refractivity (Wildman–Crippen MR) is 100.0 cm³/mol. The number of nitrogens with zero attached hydrogens (tertiary/aromatic N) is 6. The molecule has 0 radical (unpaired) electrons. The monoisotopic (exact) mass is 340 g/mol. The van der Waals surface area contributed by atoms with E-state index in [-0.39, 0.29) is 0 Å². The van der Waals surface area contributed by atoms with Gasteiger partial charge in [-0.1, -0.05) is 0 Å². The van der Waals surface area contributed by atoms with Gasteiger partial charge in [0.25, 0.3) is 0 Å². The first-order valence-corrected chi connectivity index (χ1v) is 8.57. The van der Waals surface area contributed by atoms with Gasteiger partial charge in [-0.25, -0.2) is 15.0 Å². The first-order valence-electron chi connectivity index (χ1n) is 8.57. The van der Waals surface area contributed by atoms with Gasteiger partial charge in [0.05, 0.1) is 22.9 Å². The van der Waals surface area contributed by atoms with Crippen LogP contribution in [-0.2, 0) is 12.8 Å². The normalized spacial score (nSPS) is 11.6. The molecular weight excluding hydrogens is 324 g/mol. The molecule has 0 amide bonds. The molecule has 0 spiro atoms. The Morgan fingerprint density at radius 1 is 0.846 bits per heavy atom. The van der Waals surface area contributed by atoms with Crippen molar-refractivity contribution in [1.82, 2.24) is 29.3 Å². The van der Waals surface area contributed by atoms with E-state index in [4.69, 9.17) is 4.98 Å². The van der Waals surface area contributed by atoms with E-state index in [1.165, 1.54) is 0 Å². The minimum Gasteiger partial charge on any atom is -0.303 e. The zero-order valence-electron chi connectivity index (χ0n) is 14.3. The minimum atomic E-state index is 0.742. The molecule has 6 heteroatoms. The van der Waals surface area contributed by atoms with E-state index in [1.54, 1.807) is 12.4 Å². The predicted octanol–water partition coefficient (Wildman–Crippen LogP) is 3.31. The molecule has 0 saturated heterocycles. The molecule has 126 valence electrons. The number of aromatic nitrogens is 6. The highest BCUT2D eigenvalue weighted by Gasteiger charge is 2.12. The third-order valence-electron chi connectivity index (χ3n) is 4.70. The Labute approximate surface area is 149 Å². The second-order valence-electron chi connectivity index (χ2n) is 6.28. The summed E-state index contributed by atoms with van der Waals surface area (Å²) >= 11 is 0. The van der Waals surface area contributed by atoms with E-state index in [0.717, 1.165) is 57.6 Å². The van der Waals surface area contributed by atoms with Crippen molar-refractivity contribution in [1.29, 1.82) is 0 Å². The molecule has 26 heavy (non-hydrogen) atoms. The molecular formula is C20H16N6. The Hall–Kier alpha value is -3.41. The maximum atomic E-state index is 4.87. The smallest absolute Gasteiger partial charge is 0.146 e. The lowest BCUT2D eigenvalue weighted by Gasteiger charge is -2.02. The van der Waals surface area contributed by atoms with E-state index in [0.29, 0.717) is 0 Å². The largest absolute Gasteiger partial charge is 0.303 e. The SMILES string of the molecule is Cc1c(CCc2ncc3ncccc3n2)nc2c3cccnc3ccn12. The molecule has 6 nitrogen and oxygen atoms in total. The Bertz CT molecular complexity index is 1260. The average Bonchev–Trinajstić information content (AvgIpc) is 3.02. The van der Waals surface area contributed by atoms with E-state index >= 15 is 0 Å². The Morgan fingerprint density at radius 2 is 1.69 bits per heavy atom. The summed E-state index contributed by atoms with van der Waals surface area (Å²) in [4.78, 5) is 22.6. The van der Waals surface area contributed by atoms with Gasteiger partial charge in [-0.3, -0.25) is 9.97 Å². The standard InChI is InChI=1S/C20H16N6/c1-13-15(6-7-19-23-12-18-17(24-19)5-3-10-22-18)25-20-14-4-2-9-21-16(14)8-11-26(13)20/h2-5,8-12H,6-7H2,1H3. The van der Waals surface area contributed by atoms with Gasteiger partial charge in [0.1, 0.15) is 17.0 Å². The molecule has 5 aromatic heterocycles. The second-order valence-corrected chi connectivity index (χ2v) is 6.28. The molecule has 0 atom stereocenters. The molecule has 5 aromatic rings. The minimum absolute atomic E-state index is 0.742. The average molecular weight is 340 g/mol. The van der Waals surface area contributed by atoms with E-state index < -0.39 is 0 Å².